The van der Waals surface area contributed by atoms with Crippen LogP contribution in [0.3, 0.4) is 0 Å². The van der Waals surface area contributed by atoms with Crippen molar-refractivity contribution in [1.82, 2.24) is 4.90 Å². The Balaban J connectivity index is 1.63. The standard InChI is InChI=1S/C20H18ClNO5/c1-22(2)19(24)11-25-15-6-4-14(5-7-15)17(23)8-3-13-9-16(21)20-18(10-13)26-12-27-20/h3-10H,11-12H2,1-2H3. The minimum absolute atomic E-state index is 0.0505. The van der Waals surface area contributed by atoms with Gasteiger partial charge in [-0.25, -0.2) is 0 Å². The van der Waals surface area contributed by atoms with Gasteiger partial charge in [-0.3, -0.25) is 9.59 Å². The topological polar surface area (TPSA) is 65.1 Å². The van der Waals surface area contributed by atoms with Crippen molar-refractivity contribution in [3.05, 3.63) is 58.6 Å². The number of benzene rings is 2. The molecule has 2 aromatic rings. The van der Waals surface area contributed by atoms with Gasteiger partial charge < -0.3 is 19.1 Å². The molecule has 0 saturated heterocycles. The summed E-state index contributed by atoms with van der Waals surface area (Å²) in [6.07, 6.45) is 3.12. The van der Waals surface area contributed by atoms with Crippen LogP contribution in [0.4, 0.5) is 0 Å². The molecule has 0 bridgehead atoms. The highest BCUT2D eigenvalue weighted by Crippen LogP contribution is 2.40. The lowest BCUT2D eigenvalue weighted by molar-refractivity contribution is -0.130. The van der Waals surface area contributed by atoms with E-state index in [1.165, 1.54) is 11.0 Å². The molecule has 0 spiro atoms. The molecule has 27 heavy (non-hydrogen) atoms. The van der Waals surface area contributed by atoms with Gasteiger partial charge in [0.25, 0.3) is 5.91 Å². The van der Waals surface area contributed by atoms with Gasteiger partial charge in [-0.15, -0.1) is 0 Å². The molecule has 6 nitrogen and oxygen atoms in total. The van der Waals surface area contributed by atoms with Crippen LogP contribution in [0.15, 0.2) is 42.5 Å². The van der Waals surface area contributed by atoms with Crippen LogP contribution in [-0.2, 0) is 4.79 Å². The number of rotatable bonds is 6. The summed E-state index contributed by atoms with van der Waals surface area (Å²) in [5.74, 6) is 1.29. The second-order valence-corrected chi connectivity index (χ2v) is 6.44. The van der Waals surface area contributed by atoms with E-state index in [9.17, 15) is 9.59 Å². The molecule has 0 aromatic heterocycles. The highest BCUT2D eigenvalue weighted by atomic mass is 35.5. The van der Waals surface area contributed by atoms with Gasteiger partial charge in [0.2, 0.25) is 6.79 Å². The summed E-state index contributed by atoms with van der Waals surface area (Å²) in [6, 6.07) is 10.1. The lowest BCUT2D eigenvalue weighted by atomic mass is 10.1. The zero-order valence-corrected chi connectivity index (χ0v) is 15.7. The van der Waals surface area contributed by atoms with E-state index in [4.69, 9.17) is 25.8 Å². The second-order valence-electron chi connectivity index (χ2n) is 6.04. The van der Waals surface area contributed by atoms with Crippen LogP contribution in [0.25, 0.3) is 6.08 Å². The van der Waals surface area contributed by atoms with E-state index >= 15 is 0 Å². The van der Waals surface area contributed by atoms with Gasteiger partial charge in [0.15, 0.2) is 23.9 Å². The molecule has 1 aliphatic heterocycles. The van der Waals surface area contributed by atoms with Gasteiger partial charge in [-0.2, -0.15) is 0 Å². The third-order valence-electron chi connectivity index (χ3n) is 3.88. The molecule has 0 N–H and O–H groups in total. The summed E-state index contributed by atoms with van der Waals surface area (Å²) in [7, 11) is 3.32. The SMILES string of the molecule is CN(C)C(=O)COc1ccc(C(=O)C=Cc2cc(Cl)c3c(c2)OCO3)cc1. The fraction of sp³-hybridized carbons (Fsp3) is 0.200. The predicted molar refractivity (Wildman–Crippen MR) is 102 cm³/mol. The molecular weight excluding hydrogens is 370 g/mol. The van der Waals surface area contributed by atoms with Crippen LogP contribution in [0, 0.1) is 0 Å². The Morgan fingerprint density at radius 2 is 1.93 bits per heavy atom. The van der Waals surface area contributed by atoms with Gasteiger partial charge in [0.1, 0.15) is 5.75 Å². The van der Waals surface area contributed by atoms with E-state index in [-0.39, 0.29) is 25.1 Å². The van der Waals surface area contributed by atoms with Crippen molar-refractivity contribution >= 4 is 29.4 Å². The summed E-state index contributed by atoms with van der Waals surface area (Å²) < 4.78 is 16.0. The van der Waals surface area contributed by atoms with E-state index in [0.29, 0.717) is 27.8 Å². The molecule has 3 rings (SSSR count). The molecule has 1 amide bonds. The molecule has 0 radical (unpaired) electrons. The lowest BCUT2D eigenvalue weighted by Gasteiger charge is -2.11. The Morgan fingerprint density at radius 1 is 1.19 bits per heavy atom. The molecule has 140 valence electrons. The minimum Gasteiger partial charge on any atom is -0.484 e. The quantitative estimate of drug-likeness (QED) is 0.561. The van der Waals surface area contributed by atoms with Crippen molar-refractivity contribution in [3.63, 3.8) is 0 Å². The fourth-order valence-corrected chi connectivity index (χ4v) is 2.61. The maximum Gasteiger partial charge on any atom is 0.259 e. The van der Waals surface area contributed by atoms with Crippen molar-refractivity contribution in [1.29, 1.82) is 0 Å². The number of likely N-dealkylation sites (N-methyl/N-ethyl adjacent to an activating group) is 1. The third kappa shape index (κ3) is 4.60. The van der Waals surface area contributed by atoms with Crippen LogP contribution in [0.1, 0.15) is 15.9 Å². The normalized spacial score (nSPS) is 12.3. The molecule has 0 fully saturated rings. The van der Waals surface area contributed by atoms with Crippen molar-refractivity contribution < 1.29 is 23.8 Å². The van der Waals surface area contributed by atoms with Crippen molar-refractivity contribution in [2.75, 3.05) is 27.5 Å². The molecule has 1 heterocycles. The molecule has 0 unspecified atom stereocenters. The van der Waals surface area contributed by atoms with Crippen LogP contribution in [0.2, 0.25) is 5.02 Å². The average molecular weight is 388 g/mol. The number of ether oxygens (including phenoxy) is 3. The summed E-state index contributed by atoms with van der Waals surface area (Å²) in [6.45, 7) is 0.0841. The van der Waals surface area contributed by atoms with Crippen molar-refractivity contribution in [3.8, 4) is 17.2 Å². The largest absolute Gasteiger partial charge is 0.484 e. The average Bonchev–Trinajstić information content (AvgIpc) is 3.13. The Kier molecular flexibility index (Phi) is 5.66. The zero-order valence-electron chi connectivity index (χ0n) is 14.9. The van der Waals surface area contributed by atoms with E-state index in [1.54, 1.807) is 56.6 Å². The van der Waals surface area contributed by atoms with Crippen LogP contribution in [0.5, 0.6) is 17.2 Å². The first-order valence-corrected chi connectivity index (χ1v) is 8.56. The Labute approximate surface area is 161 Å². The molecule has 1 aliphatic rings. The molecule has 7 heteroatoms. The first-order valence-electron chi connectivity index (χ1n) is 8.18. The Hall–Kier alpha value is -2.99. The van der Waals surface area contributed by atoms with E-state index in [0.717, 1.165) is 5.56 Å². The number of ketones is 1. The number of nitrogens with zero attached hydrogens (tertiary/aromatic N) is 1. The monoisotopic (exact) mass is 387 g/mol. The number of hydrogen-bond acceptors (Lipinski definition) is 5. The summed E-state index contributed by atoms with van der Waals surface area (Å²) in [5, 5.41) is 0.436. The van der Waals surface area contributed by atoms with E-state index in [2.05, 4.69) is 0 Å². The second kappa shape index (κ2) is 8.14. The number of amides is 1. The van der Waals surface area contributed by atoms with Gasteiger partial charge in [0.05, 0.1) is 5.02 Å². The molecule has 0 aliphatic carbocycles. The maximum atomic E-state index is 12.3. The number of fused-ring (bicyclic) bond motifs is 1. The zero-order chi connectivity index (χ0) is 19.4. The number of allylic oxidation sites excluding steroid dienone is 1. The van der Waals surface area contributed by atoms with Gasteiger partial charge in [-0.1, -0.05) is 17.7 Å². The first kappa shape index (κ1) is 18.8. The van der Waals surface area contributed by atoms with Crippen LogP contribution >= 0.6 is 11.6 Å². The minimum atomic E-state index is -0.167. The van der Waals surface area contributed by atoms with E-state index in [1.807, 2.05) is 0 Å². The molecule has 2 aromatic carbocycles. The number of halogens is 1. The fourth-order valence-electron chi connectivity index (χ4n) is 2.34. The first-order chi connectivity index (χ1) is 12.9. The Morgan fingerprint density at radius 3 is 2.63 bits per heavy atom. The number of hydrogen-bond donors (Lipinski definition) is 0. The number of carbonyl (C=O) groups excluding carboxylic acids is 2. The molecular formula is C20H18ClNO5. The molecule has 0 atom stereocenters. The highest BCUT2D eigenvalue weighted by molar-refractivity contribution is 6.32. The number of carbonyl (C=O) groups is 2. The van der Waals surface area contributed by atoms with Crippen molar-refractivity contribution in [2.45, 2.75) is 0 Å². The summed E-state index contributed by atoms with van der Waals surface area (Å²) in [5.41, 5.74) is 1.24. The predicted octanol–water partition coefficient (Wildman–Crippen LogP) is 3.43. The highest BCUT2D eigenvalue weighted by Gasteiger charge is 2.17. The van der Waals surface area contributed by atoms with Gasteiger partial charge in [-0.05, 0) is 48.0 Å². The van der Waals surface area contributed by atoms with Crippen molar-refractivity contribution in [2.24, 2.45) is 0 Å². The van der Waals surface area contributed by atoms with E-state index < -0.39 is 0 Å². The lowest BCUT2D eigenvalue weighted by Crippen LogP contribution is -2.27. The van der Waals surface area contributed by atoms with Crippen LogP contribution in [-0.4, -0.2) is 44.1 Å². The van der Waals surface area contributed by atoms with Gasteiger partial charge >= 0.3 is 0 Å². The maximum absolute atomic E-state index is 12.3. The smallest absolute Gasteiger partial charge is 0.259 e. The third-order valence-corrected chi connectivity index (χ3v) is 4.16. The Bertz CT molecular complexity index is 890. The van der Waals surface area contributed by atoms with Crippen LogP contribution < -0.4 is 14.2 Å². The van der Waals surface area contributed by atoms with Gasteiger partial charge in [0, 0.05) is 19.7 Å². The summed E-state index contributed by atoms with van der Waals surface area (Å²) >= 11 is 6.13. The molecule has 0 saturated carbocycles. The summed E-state index contributed by atoms with van der Waals surface area (Å²) in [4.78, 5) is 25.3.